The van der Waals surface area contributed by atoms with Gasteiger partial charge < -0.3 is 9.40 Å². The van der Waals surface area contributed by atoms with Crippen LogP contribution in [-0.4, -0.2) is 21.9 Å². The Hall–Kier alpha value is -2.34. The van der Waals surface area contributed by atoms with E-state index in [1.807, 2.05) is 48.3 Å². The number of hydrogen-bond acceptors (Lipinski definition) is 4. The zero-order chi connectivity index (χ0) is 18.3. The van der Waals surface area contributed by atoms with Gasteiger partial charge in [0.2, 0.25) is 5.58 Å². The topological polar surface area (TPSA) is 62.1 Å². The molecule has 26 heavy (non-hydrogen) atoms. The fourth-order valence-corrected chi connectivity index (χ4v) is 3.38. The van der Waals surface area contributed by atoms with Crippen molar-refractivity contribution in [2.75, 3.05) is 7.05 Å². The molecule has 0 spiro atoms. The molecule has 7 heteroatoms. The summed E-state index contributed by atoms with van der Waals surface area (Å²) in [6, 6.07) is 13.0. The second-order valence-electron chi connectivity index (χ2n) is 6.17. The second kappa shape index (κ2) is 6.76. The normalized spacial score (nSPS) is 11.7. The van der Waals surface area contributed by atoms with Crippen molar-refractivity contribution >= 4 is 45.3 Å². The number of rotatable bonds is 4. The molecule has 5 nitrogen and oxygen atoms in total. The third-order valence-electron chi connectivity index (χ3n) is 4.17. The van der Waals surface area contributed by atoms with Crippen LogP contribution >= 0.6 is 23.2 Å². The number of nitrogens with one attached hydrogen (secondary N) is 1. The average molecular weight is 388 g/mol. The Labute approximate surface area is 159 Å². The highest BCUT2D eigenvalue weighted by molar-refractivity contribution is 6.42. The van der Waals surface area contributed by atoms with Crippen LogP contribution in [0.2, 0.25) is 10.0 Å². The number of aromatic amines is 1. The van der Waals surface area contributed by atoms with Gasteiger partial charge in [-0.1, -0.05) is 47.5 Å². The highest BCUT2D eigenvalue weighted by Gasteiger charge is 2.14. The van der Waals surface area contributed by atoms with E-state index >= 15 is 0 Å². The second-order valence-corrected chi connectivity index (χ2v) is 6.96. The van der Waals surface area contributed by atoms with Crippen LogP contribution in [0.5, 0.6) is 0 Å². The summed E-state index contributed by atoms with van der Waals surface area (Å²) in [7, 11) is 1.93. The molecule has 2 aromatic carbocycles. The Morgan fingerprint density at radius 2 is 1.92 bits per heavy atom. The zero-order valence-corrected chi connectivity index (χ0v) is 15.4. The Morgan fingerprint density at radius 1 is 1.12 bits per heavy atom. The fourth-order valence-electron chi connectivity index (χ4n) is 3.00. The lowest BCUT2D eigenvalue weighted by Gasteiger charge is -2.17. The number of furan rings is 1. The number of H-pyrrole nitrogens is 1. The highest BCUT2D eigenvalue weighted by Crippen LogP contribution is 2.27. The molecule has 0 atom stereocenters. The number of para-hydroxylation sites is 1. The van der Waals surface area contributed by atoms with E-state index in [0.29, 0.717) is 40.1 Å². The zero-order valence-electron chi connectivity index (χ0n) is 13.9. The van der Waals surface area contributed by atoms with Gasteiger partial charge in [0.1, 0.15) is 16.9 Å². The monoisotopic (exact) mass is 387 g/mol. The smallest absolute Gasteiger partial charge is 0.294 e. The summed E-state index contributed by atoms with van der Waals surface area (Å²) in [6.45, 7) is 1.03. The van der Waals surface area contributed by atoms with Gasteiger partial charge >= 0.3 is 0 Å². The molecule has 132 valence electrons. The van der Waals surface area contributed by atoms with Crippen molar-refractivity contribution in [3.8, 4) is 0 Å². The SMILES string of the molecule is CN(Cc1nc2c(oc3ccccc32)c(=O)[nH]1)Cc1cccc(Cl)c1Cl. The van der Waals surface area contributed by atoms with Crippen LogP contribution < -0.4 is 5.56 Å². The summed E-state index contributed by atoms with van der Waals surface area (Å²) >= 11 is 12.3. The predicted molar refractivity (Wildman–Crippen MR) is 104 cm³/mol. The summed E-state index contributed by atoms with van der Waals surface area (Å²) in [5.74, 6) is 0.565. The van der Waals surface area contributed by atoms with E-state index in [2.05, 4.69) is 9.97 Å². The van der Waals surface area contributed by atoms with Crippen LogP contribution in [0.15, 0.2) is 51.7 Å². The summed E-state index contributed by atoms with van der Waals surface area (Å²) in [6.07, 6.45) is 0. The molecular weight excluding hydrogens is 373 g/mol. The summed E-state index contributed by atoms with van der Waals surface area (Å²) in [5.41, 5.74) is 2.11. The van der Waals surface area contributed by atoms with Gasteiger partial charge in [-0.2, -0.15) is 0 Å². The number of aromatic nitrogens is 2. The van der Waals surface area contributed by atoms with Crippen molar-refractivity contribution in [3.63, 3.8) is 0 Å². The van der Waals surface area contributed by atoms with Crippen LogP contribution in [0.25, 0.3) is 22.1 Å². The molecule has 2 aromatic heterocycles. The van der Waals surface area contributed by atoms with Crippen molar-refractivity contribution in [2.24, 2.45) is 0 Å². The van der Waals surface area contributed by atoms with E-state index in [1.54, 1.807) is 6.07 Å². The maximum absolute atomic E-state index is 12.4. The summed E-state index contributed by atoms with van der Waals surface area (Å²) in [4.78, 5) is 21.8. The molecule has 0 aliphatic carbocycles. The Bertz CT molecular complexity index is 1170. The van der Waals surface area contributed by atoms with Crippen LogP contribution in [0.4, 0.5) is 0 Å². The molecule has 0 amide bonds. The average Bonchev–Trinajstić information content (AvgIpc) is 2.98. The van der Waals surface area contributed by atoms with Crippen molar-refractivity contribution in [3.05, 3.63) is 74.3 Å². The number of hydrogen-bond donors (Lipinski definition) is 1. The van der Waals surface area contributed by atoms with Gasteiger partial charge in [-0.25, -0.2) is 4.98 Å². The Morgan fingerprint density at radius 3 is 2.77 bits per heavy atom. The van der Waals surface area contributed by atoms with Gasteiger partial charge in [0.25, 0.3) is 5.56 Å². The standard InChI is InChI=1S/C19H15Cl2N3O2/c1-24(9-11-5-4-7-13(20)16(11)21)10-15-22-17-12-6-2-3-8-14(12)26-18(17)19(25)23-15/h2-8H,9-10H2,1H3,(H,22,23,25). The number of halogens is 2. The maximum Gasteiger partial charge on any atom is 0.294 e. The van der Waals surface area contributed by atoms with E-state index in [4.69, 9.17) is 27.6 Å². The summed E-state index contributed by atoms with van der Waals surface area (Å²) < 4.78 is 5.62. The maximum atomic E-state index is 12.4. The van der Waals surface area contributed by atoms with Gasteiger partial charge in [0.15, 0.2) is 0 Å². The quantitative estimate of drug-likeness (QED) is 0.555. The van der Waals surface area contributed by atoms with Crippen LogP contribution in [-0.2, 0) is 13.1 Å². The predicted octanol–water partition coefficient (Wildman–Crippen LogP) is 4.61. The molecule has 4 aromatic rings. The number of nitrogens with zero attached hydrogens (tertiary/aromatic N) is 2. The Balaban J connectivity index is 1.65. The first-order valence-electron chi connectivity index (χ1n) is 8.05. The Kier molecular flexibility index (Phi) is 4.44. The first kappa shape index (κ1) is 17.1. The molecule has 0 aliphatic heterocycles. The van der Waals surface area contributed by atoms with Crippen molar-refractivity contribution in [1.82, 2.24) is 14.9 Å². The lowest BCUT2D eigenvalue weighted by molar-refractivity contribution is 0.310. The third kappa shape index (κ3) is 3.09. The van der Waals surface area contributed by atoms with Gasteiger partial charge in [0, 0.05) is 11.9 Å². The molecule has 1 N–H and O–H groups in total. The first-order valence-corrected chi connectivity index (χ1v) is 8.80. The van der Waals surface area contributed by atoms with Gasteiger partial charge in [-0.3, -0.25) is 9.69 Å². The van der Waals surface area contributed by atoms with Crippen molar-refractivity contribution in [2.45, 2.75) is 13.1 Å². The lowest BCUT2D eigenvalue weighted by Crippen LogP contribution is -2.21. The molecule has 0 bridgehead atoms. The molecule has 0 radical (unpaired) electrons. The minimum Gasteiger partial charge on any atom is -0.449 e. The van der Waals surface area contributed by atoms with E-state index in [1.165, 1.54) is 0 Å². The minimum atomic E-state index is -0.282. The largest absolute Gasteiger partial charge is 0.449 e. The molecule has 0 fully saturated rings. The molecule has 2 heterocycles. The van der Waals surface area contributed by atoms with E-state index in [0.717, 1.165) is 10.9 Å². The van der Waals surface area contributed by atoms with Gasteiger partial charge in [-0.15, -0.1) is 0 Å². The highest BCUT2D eigenvalue weighted by atomic mass is 35.5. The summed E-state index contributed by atoms with van der Waals surface area (Å²) in [5, 5.41) is 1.89. The first-order chi connectivity index (χ1) is 12.5. The molecule has 0 unspecified atom stereocenters. The molecule has 0 saturated heterocycles. The van der Waals surface area contributed by atoms with E-state index in [9.17, 15) is 4.79 Å². The minimum absolute atomic E-state index is 0.246. The lowest BCUT2D eigenvalue weighted by atomic mass is 10.2. The number of benzene rings is 2. The van der Waals surface area contributed by atoms with Crippen molar-refractivity contribution < 1.29 is 4.42 Å². The van der Waals surface area contributed by atoms with E-state index < -0.39 is 0 Å². The molecule has 0 saturated carbocycles. The fraction of sp³-hybridized carbons (Fsp3) is 0.158. The molecule has 0 aliphatic rings. The molecule has 4 rings (SSSR count). The van der Waals surface area contributed by atoms with Crippen LogP contribution in [0.1, 0.15) is 11.4 Å². The van der Waals surface area contributed by atoms with Gasteiger partial charge in [-0.05, 0) is 30.8 Å². The van der Waals surface area contributed by atoms with Crippen LogP contribution in [0.3, 0.4) is 0 Å². The van der Waals surface area contributed by atoms with Crippen LogP contribution in [0, 0.1) is 0 Å². The van der Waals surface area contributed by atoms with Crippen molar-refractivity contribution in [1.29, 1.82) is 0 Å². The molecular formula is C19H15Cl2N3O2. The van der Waals surface area contributed by atoms with E-state index in [-0.39, 0.29) is 11.1 Å². The third-order valence-corrected chi connectivity index (χ3v) is 5.03. The van der Waals surface area contributed by atoms with Gasteiger partial charge in [0.05, 0.1) is 16.6 Å². The number of fused-ring (bicyclic) bond motifs is 3.